The van der Waals surface area contributed by atoms with E-state index in [2.05, 4.69) is 33.5 Å². The Morgan fingerprint density at radius 1 is 1.19 bits per heavy atom. The first-order valence-electron chi connectivity index (χ1n) is 9.21. The van der Waals surface area contributed by atoms with Crippen molar-refractivity contribution < 1.29 is 0 Å². The molecule has 1 aromatic heterocycles. The highest BCUT2D eigenvalue weighted by Gasteiger charge is 2.13. The van der Waals surface area contributed by atoms with Gasteiger partial charge >= 0.3 is 0 Å². The van der Waals surface area contributed by atoms with E-state index in [1.165, 1.54) is 12.8 Å². The Morgan fingerprint density at radius 2 is 1.96 bits per heavy atom. The number of aromatic nitrogens is 1. The third kappa shape index (κ3) is 6.53. The van der Waals surface area contributed by atoms with Crippen molar-refractivity contribution in [3.05, 3.63) is 58.7 Å². The molecule has 2 aromatic rings. The van der Waals surface area contributed by atoms with Crippen molar-refractivity contribution in [3.8, 4) is 0 Å². The van der Waals surface area contributed by atoms with E-state index in [1.807, 2.05) is 36.5 Å². The Labute approximate surface area is 183 Å². The highest BCUT2D eigenvalue weighted by molar-refractivity contribution is 14.0. The van der Waals surface area contributed by atoms with Crippen molar-refractivity contribution in [3.63, 3.8) is 0 Å². The fraction of sp³-hybridized carbons (Fsp3) is 0.400. The predicted octanol–water partition coefficient (Wildman–Crippen LogP) is 4.21. The van der Waals surface area contributed by atoms with Crippen LogP contribution in [0.4, 0.5) is 5.82 Å². The van der Waals surface area contributed by atoms with E-state index in [9.17, 15) is 0 Å². The molecule has 0 saturated carbocycles. The van der Waals surface area contributed by atoms with Crippen LogP contribution < -0.4 is 15.5 Å². The van der Waals surface area contributed by atoms with E-state index in [0.717, 1.165) is 47.6 Å². The molecule has 0 unspecified atom stereocenters. The number of benzene rings is 1. The Balaban J connectivity index is 0.00000261. The van der Waals surface area contributed by atoms with Crippen LogP contribution in [0, 0.1) is 0 Å². The molecule has 1 saturated heterocycles. The first-order valence-corrected chi connectivity index (χ1v) is 9.59. The second-order valence-electron chi connectivity index (χ2n) is 6.36. The van der Waals surface area contributed by atoms with Gasteiger partial charge in [-0.15, -0.1) is 24.0 Å². The lowest BCUT2D eigenvalue weighted by molar-refractivity contribution is 0.815. The molecule has 27 heavy (non-hydrogen) atoms. The van der Waals surface area contributed by atoms with E-state index in [4.69, 9.17) is 16.6 Å². The minimum absolute atomic E-state index is 0. The molecule has 0 amide bonds. The SMILES string of the molecule is CCNC(=NCc1ccnc(N2CCCC2)c1)NCc1ccccc1Cl.I. The minimum atomic E-state index is 0. The largest absolute Gasteiger partial charge is 0.357 e. The van der Waals surface area contributed by atoms with Crippen LogP contribution in [0.3, 0.4) is 0 Å². The van der Waals surface area contributed by atoms with Crippen LogP contribution in [-0.4, -0.2) is 30.6 Å². The molecular formula is C20H27ClIN5. The van der Waals surface area contributed by atoms with Crippen LogP contribution in [0.15, 0.2) is 47.6 Å². The number of pyridine rings is 1. The lowest BCUT2D eigenvalue weighted by atomic mass is 10.2. The highest BCUT2D eigenvalue weighted by atomic mass is 127. The van der Waals surface area contributed by atoms with Crippen LogP contribution in [-0.2, 0) is 13.1 Å². The highest BCUT2D eigenvalue weighted by Crippen LogP contribution is 2.19. The van der Waals surface area contributed by atoms with Crippen molar-refractivity contribution >= 4 is 47.4 Å². The number of nitrogens with zero attached hydrogens (tertiary/aromatic N) is 3. The molecule has 1 aliphatic rings. The summed E-state index contributed by atoms with van der Waals surface area (Å²) in [5, 5.41) is 7.39. The van der Waals surface area contributed by atoms with Gasteiger partial charge in [0, 0.05) is 37.4 Å². The lowest BCUT2D eigenvalue weighted by Crippen LogP contribution is -2.36. The van der Waals surface area contributed by atoms with E-state index < -0.39 is 0 Å². The van der Waals surface area contributed by atoms with Crippen LogP contribution in [0.5, 0.6) is 0 Å². The molecule has 0 aliphatic carbocycles. The third-order valence-corrected chi connectivity index (χ3v) is 4.78. The number of aliphatic imine (C=N–C) groups is 1. The number of guanidine groups is 1. The molecule has 146 valence electrons. The third-order valence-electron chi connectivity index (χ3n) is 4.41. The molecule has 2 heterocycles. The zero-order valence-electron chi connectivity index (χ0n) is 15.6. The molecule has 7 heteroatoms. The summed E-state index contributed by atoms with van der Waals surface area (Å²) in [4.78, 5) is 11.5. The normalized spacial score (nSPS) is 14.0. The Hall–Kier alpha value is -1.54. The van der Waals surface area contributed by atoms with Crippen LogP contribution >= 0.6 is 35.6 Å². The average Bonchev–Trinajstić information content (AvgIpc) is 3.20. The monoisotopic (exact) mass is 499 g/mol. The quantitative estimate of drug-likeness (QED) is 0.355. The standard InChI is InChI=1S/C20H26ClN5.HI/c1-2-22-20(25-15-17-7-3-4-8-18(17)21)24-14-16-9-10-23-19(13-16)26-11-5-6-12-26;/h3-4,7-10,13H,2,5-6,11-12,14-15H2,1H3,(H2,22,24,25);1H. The maximum atomic E-state index is 6.23. The maximum absolute atomic E-state index is 6.23. The molecule has 1 aliphatic heterocycles. The minimum Gasteiger partial charge on any atom is -0.357 e. The van der Waals surface area contributed by atoms with Crippen LogP contribution in [0.25, 0.3) is 0 Å². The number of anilines is 1. The predicted molar refractivity (Wildman–Crippen MR) is 124 cm³/mol. The van der Waals surface area contributed by atoms with Gasteiger partial charge in [0.25, 0.3) is 0 Å². The van der Waals surface area contributed by atoms with Gasteiger partial charge in [-0.25, -0.2) is 9.98 Å². The zero-order chi connectivity index (χ0) is 18.2. The van der Waals surface area contributed by atoms with Gasteiger partial charge in [0.2, 0.25) is 0 Å². The fourth-order valence-corrected chi connectivity index (χ4v) is 3.21. The van der Waals surface area contributed by atoms with Gasteiger partial charge in [-0.05, 0) is 49.1 Å². The summed E-state index contributed by atoms with van der Waals surface area (Å²) < 4.78 is 0. The first-order chi connectivity index (χ1) is 12.8. The summed E-state index contributed by atoms with van der Waals surface area (Å²) in [5.41, 5.74) is 2.22. The summed E-state index contributed by atoms with van der Waals surface area (Å²) >= 11 is 6.23. The van der Waals surface area contributed by atoms with Crippen molar-refractivity contribution in [2.75, 3.05) is 24.5 Å². The lowest BCUT2D eigenvalue weighted by Gasteiger charge is -2.16. The zero-order valence-corrected chi connectivity index (χ0v) is 18.7. The van der Waals surface area contributed by atoms with E-state index in [1.54, 1.807) is 0 Å². The van der Waals surface area contributed by atoms with Crippen molar-refractivity contribution in [1.82, 2.24) is 15.6 Å². The first kappa shape index (κ1) is 21.8. The van der Waals surface area contributed by atoms with Crippen LogP contribution in [0.1, 0.15) is 30.9 Å². The molecule has 5 nitrogen and oxygen atoms in total. The summed E-state index contributed by atoms with van der Waals surface area (Å²) in [6.07, 6.45) is 4.38. The molecule has 3 rings (SSSR count). The smallest absolute Gasteiger partial charge is 0.191 e. The number of halogens is 2. The molecule has 1 aromatic carbocycles. The maximum Gasteiger partial charge on any atom is 0.191 e. The van der Waals surface area contributed by atoms with E-state index in [-0.39, 0.29) is 24.0 Å². The Bertz CT molecular complexity index is 747. The van der Waals surface area contributed by atoms with Crippen molar-refractivity contribution in [2.45, 2.75) is 32.9 Å². The summed E-state index contributed by atoms with van der Waals surface area (Å²) in [7, 11) is 0. The van der Waals surface area contributed by atoms with Gasteiger partial charge in [0.05, 0.1) is 6.54 Å². The van der Waals surface area contributed by atoms with Gasteiger partial charge in [-0.1, -0.05) is 29.8 Å². The fourth-order valence-electron chi connectivity index (χ4n) is 3.01. The number of rotatable bonds is 6. The number of hydrogen-bond donors (Lipinski definition) is 2. The van der Waals surface area contributed by atoms with Gasteiger partial charge in [-0.3, -0.25) is 0 Å². The molecule has 0 atom stereocenters. The van der Waals surface area contributed by atoms with Crippen molar-refractivity contribution in [2.24, 2.45) is 4.99 Å². The molecule has 0 radical (unpaired) electrons. The summed E-state index contributed by atoms with van der Waals surface area (Å²) in [6.45, 7) is 6.32. The average molecular weight is 500 g/mol. The summed E-state index contributed by atoms with van der Waals surface area (Å²) in [6, 6.07) is 12.0. The topological polar surface area (TPSA) is 52.6 Å². The Morgan fingerprint density at radius 3 is 2.70 bits per heavy atom. The number of hydrogen-bond acceptors (Lipinski definition) is 3. The van der Waals surface area contributed by atoms with Gasteiger partial charge in [-0.2, -0.15) is 0 Å². The molecule has 1 fully saturated rings. The molecular weight excluding hydrogens is 473 g/mol. The van der Waals surface area contributed by atoms with Gasteiger partial charge in [0.1, 0.15) is 5.82 Å². The molecule has 0 bridgehead atoms. The number of nitrogens with one attached hydrogen (secondary N) is 2. The Kier molecular flexibility index (Phi) is 9.14. The second-order valence-corrected chi connectivity index (χ2v) is 6.76. The molecule has 0 spiro atoms. The van der Waals surface area contributed by atoms with Gasteiger partial charge in [0.15, 0.2) is 5.96 Å². The van der Waals surface area contributed by atoms with E-state index in [0.29, 0.717) is 13.1 Å². The second kappa shape index (κ2) is 11.3. The van der Waals surface area contributed by atoms with Crippen molar-refractivity contribution in [1.29, 1.82) is 0 Å². The molecule has 2 N–H and O–H groups in total. The van der Waals surface area contributed by atoms with E-state index >= 15 is 0 Å². The van der Waals surface area contributed by atoms with Crippen LogP contribution in [0.2, 0.25) is 5.02 Å². The summed E-state index contributed by atoms with van der Waals surface area (Å²) in [5.74, 6) is 1.84. The van der Waals surface area contributed by atoms with Gasteiger partial charge < -0.3 is 15.5 Å².